The number of methoxy groups -OCH3 is 2. The van der Waals surface area contributed by atoms with Crippen LogP contribution in [0.25, 0.3) is 0 Å². The number of hydrogen-bond donors (Lipinski definition) is 1. The van der Waals surface area contributed by atoms with Gasteiger partial charge < -0.3 is 24.3 Å². The molecule has 0 radical (unpaired) electrons. The molecule has 1 aliphatic rings. The first-order valence-corrected chi connectivity index (χ1v) is 12.3. The van der Waals surface area contributed by atoms with Gasteiger partial charge in [0.2, 0.25) is 10.0 Å². The minimum Gasteiger partial charge on any atom is -0.493 e. The number of carbonyl (C=O) groups is 1. The van der Waals surface area contributed by atoms with Crippen LogP contribution in [0.3, 0.4) is 0 Å². The largest absolute Gasteiger partial charge is 0.493 e. The molecule has 0 saturated carbocycles. The van der Waals surface area contributed by atoms with Crippen molar-refractivity contribution >= 4 is 21.6 Å². The number of nitrogens with one attached hydrogen (secondary N) is 1. The molecule has 1 aliphatic heterocycles. The summed E-state index contributed by atoms with van der Waals surface area (Å²) in [5.74, 6) is 1.02. The molecule has 1 N–H and O–H groups in total. The van der Waals surface area contributed by atoms with Gasteiger partial charge in [-0.2, -0.15) is 4.31 Å². The monoisotopic (exact) mass is 498 g/mol. The summed E-state index contributed by atoms with van der Waals surface area (Å²) in [7, 11) is -1.09. The molecule has 1 heterocycles. The Morgan fingerprint density at radius 2 is 1.57 bits per heavy atom. The molecule has 0 aliphatic carbocycles. The van der Waals surface area contributed by atoms with Crippen LogP contribution in [0, 0.1) is 0 Å². The van der Waals surface area contributed by atoms with Crippen LogP contribution in [0.15, 0.2) is 71.6 Å². The summed E-state index contributed by atoms with van der Waals surface area (Å²) >= 11 is 0. The lowest BCUT2D eigenvalue weighted by atomic mass is 10.1. The molecular weight excluding hydrogens is 472 g/mol. The van der Waals surface area contributed by atoms with E-state index in [4.69, 9.17) is 18.9 Å². The summed E-state index contributed by atoms with van der Waals surface area (Å²) in [6.45, 7) is 1.08. The topological polar surface area (TPSA) is 103 Å². The van der Waals surface area contributed by atoms with Crippen molar-refractivity contribution in [2.45, 2.75) is 4.90 Å². The number of carbonyl (C=O) groups excluding carboxylic acids is 1. The van der Waals surface area contributed by atoms with Crippen molar-refractivity contribution in [1.82, 2.24) is 4.31 Å². The Balaban J connectivity index is 1.59. The average Bonchev–Trinajstić information content (AvgIpc) is 2.90. The van der Waals surface area contributed by atoms with Crippen LogP contribution in [0.2, 0.25) is 0 Å². The predicted octanol–water partition coefficient (Wildman–Crippen LogP) is 3.77. The van der Waals surface area contributed by atoms with E-state index in [1.165, 1.54) is 30.7 Å². The van der Waals surface area contributed by atoms with Gasteiger partial charge in [-0.1, -0.05) is 18.2 Å². The first-order valence-electron chi connectivity index (χ1n) is 10.9. The molecule has 9 nitrogen and oxygen atoms in total. The van der Waals surface area contributed by atoms with Crippen molar-refractivity contribution in [3.05, 3.63) is 72.3 Å². The van der Waals surface area contributed by atoms with Gasteiger partial charge >= 0.3 is 0 Å². The molecule has 35 heavy (non-hydrogen) atoms. The molecule has 4 rings (SSSR count). The number of para-hydroxylation sites is 1. The Morgan fingerprint density at radius 1 is 0.914 bits per heavy atom. The maximum absolute atomic E-state index is 13.2. The van der Waals surface area contributed by atoms with E-state index >= 15 is 0 Å². The molecule has 3 aromatic rings. The highest BCUT2D eigenvalue weighted by molar-refractivity contribution is 7.89. The van der Waals surface area contributed by atoms with Crippen molar-refractivity contribution in [1.29, 1.82) is 0 Å². The number of sulfonamides is 1. The summed E-state index contributed by atoms with van der Waals surface area (Å²) in [4.78, 5) is 13.1. The van der Waals surface area contributed by atoms with Crippen LogP contribution in [0.4, 0.5) is 5.69 Å². The second kappa shape index (κ2) is 10.8. The van der Waals surface area contributed by atoms with Crippen LogP contribution in [0.5, 0.6) is 23.0 Å². The number of anilines is 1. The number of benzene rings is 3. The highest BCUT2D eigenvalue weighted by Crippen LogP contribution is 2.36. The van der Waals surface area contributed by atoms with Gasteiger partial charge in [0, 0.05) is 24.8 Å². The predicted molar refractivity (Wildman–Crippen MR) is 130 cm³/mol. The smallest absolute Gasteiger partial charge is 0.259 e. The lowest BCUT2D eigenvalue weighted by molar-refractivity contribution is 0.0730. The fourth-order valence-corrected chi connectivity index (χ4v) is 5.07. The van der Waals surface area contributed by atoms with Crippen molar-refractivity contribution in [2.24, 2.45) is 0 Å². The number of amides is 1. The van der Waals surface area contributed by atoms with Crippen LogP contribution < -0.4 is 19.5 Å². The van der Waals surface area contributed by atoms with E-state index in [1.807, 2.05) is 30.3 Å². The molecule has 0 bridgehead atoms. The molecular formula is C25H26N2O7S. The van der Waals surface area contributed by atoms with E-state index in [1.54, 1.807) is 24.3 Å². The molecule has 1 amide bonds. The highest BCUT2D eigenvalue weighted by atomic mass is 32.2. The van der Waals surface area contributed by atoms with E-state index in [9.17, 15) is 13.2 Å². The Bertz CT molecular complexity index is 1270. The van der Waals surface area contributed by atoms with Gasteiger partial charge in [-0.3, -0.25) is 4.79 Å². The second-order valence-corrected chi connectivity index (χ2v) is 9.55. The summed E-state index contributed by atoms with van der Waals surface area (Å²) in [6, 6.07) is 18.8. The molecule has 0 unspecified atom stereocenters. The third-order valence-corrected chi connectivity index (χ3v) is 7.27. The maximum atomic E-state index is 13.2. The first kappa shape index (κ1) is 24.5. The summed E-state index contributed by atoms with van der Waals surface area (Å²) in [5.41, 5.74) is 0.529. The molecule has 184 valence electrons. The van der Waals surface area contributed by atoms with E-state index < -0.39 is 15.9 Å². The molecule has 0 aromatic heterocycles. The number of ether oxygens (including phenoxy) is 4. The Kier molecular flexibility index (Phi) is 7.54. The molecule has 1 saturated heterocycles. The number of nitrogens with zero attached hydrogens (tertiary/aromatic N) is 1. The van der Waals surface area contributed by atoms with E-state index in [2.05, 4.69) is 5.32 Å². The Labute approximate surface area is 204 Å². The van der Waals surface area contributed by atoms with Gasteiger partial charge in [-0.15, -0.1) is 0 Å². The number of hydrogen-bond acceptors (Lipinski definition) is 7. The summed E-state index contributed by atoms with van der Waals surface area (Å²) < 4.78 is 49.5. The summed E-state index contributed by atoms with van der Waals surface area (Å²) in [6.07, 6.45) is 0. The molecule has 10 heteroatoms. The zero-order chi connectivity index (χ0) is 24.8. The fourth-order valence-electron chi connectivity index (χ4n) is 3.62. The Morgan fingerprint density at radius 3 is 2.20 bits per heavy atom. The SMILES string of the molecule is COc1cc(S(=O)(=O)N2CCOCC2)cc(C(=O)Nc2ccc(Oc3ccccc3)cc2)c1OC. The van der Waals surface area contributed by atoms with Gasteiger partial charge in [-0.05, 0) is 42.5 Å². The van der Waals surface area contributed by atoms with Crippen molar-refractivity contribution < 1.29 is 32.2 Å². The number of rotatable bonds is 8. The van der Waals surface area contributed by atoms with Crippen LogP contribution >= 0.6 is 0 Å². The lowest BCUT2D eigenvalue weighted by Gasteiger charge is -2.26. The van der Waals surface area contributed by atoms with Crippen molar-refractivity contribution in [3.63, 3.8) is 0 Å². The van der Waals surface area contributed by atoms with Crippen LogP contribution in [0.1, 0.15) is 10.4 Å². The average molecular weight is 499 g/mol. The molecule has 1 fully saturated rings. The third-order valence-electron chi connectivity index (χ3n) is 5.40. The van der Waals surface area contributed by atoms with Gasteiger partial charge in [0.1, 0.15) is 11.5 Å². The van der Waals surface area contributed by atoms with Crippen LogP contribution in [-0.4, -0.2) is 59.2 Å². The van der Waals surface area contributed by atoms with Gasteiger partial charge in [-0.25, -0.2) is 8.42 Å². The standard InChI is InChI=1S/C25H26N2O7S/c1-31-23-17-21(35(29,30)27-12-14-33-15-13-27)16-22(24(23)32-2)25(28)26-18-8-10-20(11-9-18)34-19-6-4-3-5-7-19/h3-11,16-17H,12-15H2,1-2H3,(H,26,28). The highest BCUT2D eigenvalue weighted by Gasteiger charge is 2.30. The summed E-state index contributed by atoms with van der Waals surface area (Å²) in [5, 5.41) is 2.78. The molecule has 0 atom stereocenters. The lowest BCUT2D eigenvalue weighted by Crippen LogP contribution is -2.40. The zero-order valence-electron chi connectivity index (χ0n) is 19.4. The minimum absolute atomic E-state index is 0.0308. The zero-order valence-corrected chi connectivity index (χ0v) is 20.2. The van der Waals surface area contributed by atoms with E-state index in [-0.39, 0.29) is 35.0 Å². The van der Waals surface area contributed by atoms with Gasteiger partial charge in [0.25, 0.3) is 5.91 Å². The van der Waals surface area contributed by atoms with Crippen LogP contribution in [-0.2, 0) is 14.8 Å². The molecule has 0 spiro atoms. The molecule has 3 aromatic carbocycles. The fraction of sp³-hybridized carbons (Fsp3) is 0.240. The van der Waals surface area contributed by atoms with Crippen molar-refractivity contribution in [2.75, 3.05) is 45.8 Å². The first-order chi connectivity index (χ1) is 16.9. The van der Waals surface area contributed by atoms with E-state index in [0.29, 0.717) is 30.4 Å². The quantitative estimate of drug-likeness (QED) is 0.504. The second-order valence-electron chi connectivity index (χ2n) is 7.62. The Hall–Kier alpha value is -3.60. The van der Waals surface area contributed by atoms with E-state index in [0.717, 1.165) is 0 Å². The normalized spacial score (nSPS) is 14.2. The minimum atomic E-state index is -3.86. The number of morpholine rings is 1. The van der Waals surface area contributed by atoms with Gasteiger partial charge in [0.15, 0.2) is 11.5 Å². The van der Waals surface area contributed by atoms with Gasteiger partial charge in [0.05, 0.1) is 37.9 Å². The van der Waals surface area contributed by atoms with Crippen molar-refractivity contribution in [3.8, 4) is 23.0 Å². The third kappa shape index (κ3) is 5.56. The maximum Gasteiger partial charge on any atom is 0.259 e.